The second-order valence-electron chi connectivity index (χ2n) is 8.13. The van der Waals surface area contributed by atoms with Gasteiger partial charge in [-0.1, -0.05) is 6.07 Å². The van der Waals surface area contributed by atoms with Crippen molar-refractivity contribution in [1.82, 2.24) is 9.88 Å². The van der Waals surface area contributed by atoms with Gasteiger partial charge < -0.3 is 24.9 Å². The lowest BCUT2D eigenvalue weighted by Crippen LogP contribution is -2.63. The lowest BCUT2D eigenvalue weighted by molar-refractivity contribution is -0.167. The van der Waals surface area contributed by atoms with Crippen molar-refractivity contribution in [3.8, 4) is 16.9 Å². The van der Waals surface area contributed by atoms with Crippen molar-refractivity contribution in [2.75, 3.05) is 20.7 Å². The Hall–Kier alpha value is -3.00. The molecular weight excluding hydrogens is 387 g/mol. The predicted molar refractivity (Wildman–Crippen MR) is 111 cm³/mol. The molecule has 3 heterocycles. The Labute approximate surface area is 174 Å². The Morgan fingerprint density at radius 2 is 2.20 bits per heavy atom. The monoisotopic (exact) mass is 412 g/mol. The fourth-order valence-electron chi connectivity index (χ4n) is 4.28. The molecule has 0 aliphatic carbocycles. The number of aromatic nitrogens is 1. The van der Waals surface area contributed by atoms with E-state index in [-0.39, 0.29) is 5.96 Å². The zero-order chi connectivity index (χ0) is 21.5. The van der Waals surface area contributed by atoms with Crippen LogP contribution in [0.15, 0.2) is 41.5 Å². The maximum atomic E-state index is 14.3. The summed E-state index contributed by atoms with van der Waals surface area (Å²) in [7, 11) is 3.50. The third kappa shape index (κ3) is 3.11. The van der Waals surface area contributed by atoms with Gasteiger partial charge in [-0.25, -0.2) is 9.98 Å². The van der Waals surface area contributed by atoms with E-state index in [0.29, 0.717) is 35.5 Å². The first kappa shape index (κ1) is 20.3. The summed E-state index contributed by atoms with van der Waals surface area (Å²) in [5.41, 5.74) is 5.36. The van der Waals surface area contributed by atoms with E-state index in [2.05, 4.69) is 9.98 Å². The molecule has 0 spiro atoms. The molecule has 8 heteroatoms. The van der Waals surface area contributed by atoms with E-state index >= 15 is 0 Å². The minimum absolute atomic E-state index is 0.185. The maximum absolute atomic E-state index is 14.3. The number of nitrogens with zero attached hydrogens (tertiary/aromatic N) is 3. The molecule has 7 nitrogen and oxygen atoms in total. The Balaban J connectivity index is 1.97. The average Bonchev–Trinajstić information content (AvgIpc) is 2.73. The number of pyridine rings is 1. The van der Waals surface area contributed by atoms with Gasteiger partial charge in [-0.15, -0.1) is 0 Å². The quantitative estimate of drug-likeness (QED) is 0.361. The van der Waals surface area contributed by atoms with E-state index < -0.39 is 23.2 Å². The second kappa shape index (κ2) is 7.36. The topological polar surface area (TPSA) is 90.0 Å². The summed E-state index contributed by atoms with van der Waals surface area (Å²) in [5.74, 6) is 0.0973. The van der Waals surface area contributed by atoms with Crippen molar-refractivity contribution in [1.29, 1.82) is 0 Å². The van der Waals surface area contributed by atoms with E-state index in [4.69, 9.17) is 15.2 Å². The van der Waals surface area contributed by atoms with Crippen LogP contribution in [0.5, 0.6) is 5.75 Å². The highest BCUT2D eigenvalue weighted by molar-refractivity contribution is 5.84. The normalized spacial score (nSPS) is 28.1. The highest BCUT2D eigenvalue weighted by Crippen LogP contribution is 2.50. The van der Waals surface area contributed by atoms with Crippen LogP contribution in [0.1, 0.15) is 25.3 Å². The number of aliphatic imine (C=N–C) groups is 1. The summed E-state index contributed by atoms with van der Waals surface area (Å²) in [6.07, 6.45) is 3.00. The second-order valence-corrected chi connectivity index (χ2v) is 8.13. The third-order valence-corrected chi connectivity index (χ3v) is 5.82. The van der Waals surface area contributed by atoms with E-state index in [9.17, 15) is 9.18 Å². The Morgan fingerprint density at radius 3 is 2.90 bits per heavy atom. The number of hydrogen-bond donors (Lipinski definition) is 1. The molecule has 2 N–H and O–H groups in total. The molecule has 3 unspecified atom stereocenters. The summed E-state index contributed by atoms with van der Waals surface area (Å²) < 4.78 is 26.7. The van der Waals surface area contributed by atoms with Gasteiger partial charge in [-0.05, 0) is 49.6 Å². The molecule has 2 aromatic rings. The van der Waals surface area contributed by atoms with Gasteiger partial charge in [-0.3, -0.25) is 0 Å². The summed E-state index contributed by atoms with van der Waals surface area (Å²) in [6, 6.07) is 8.50. The molecular formula is C22H25FN4O3. The molecule has 0 amide bonds. The van der Waals surface area contributed by atoms with Gasteiger partial charge in [0, 0.05) is 38.0 Å². The van der Waals surface area contributed by atoms with Crippen molar-refractivity contribution in [2.45, 2.75) is 37.0 Å². The fraction of sp³-hybridized carbons (Fsp3) is 0.409. The van der Waals surface area contributed by atoms with Gasteiger partial charge in [0.1, 0.15) is 17.5 Å². The summed E-state index contributed by atoms with van der Waals surface area (Å²) in [5, 5.41) is 0. The first-order valence-electron chi connectivity index (χ1n) is 9.86. The van der Waals surface area contributed by atoms with E-state index in [1.165, 1.54) is 6.20 Å². The van der Waals surface area contributed by atoms with Crippen molar-refractivity contribution in [3.05, 3.63) is 48.0 Å². The van der Waals surface area contributed by atoms with E-state index in [0.717, 1.165) is 12.7 Å². The van der Waals surface area contributed by atoms with Gasteiger partial charge in [0.2, 0.25) is 5.95 Å². The number of carbonyl (C=O) groups excluding carboxylic acids is 1. The van der Waals surface area contributed by atoms with Crippen LogP contribution >= 0.6 is 0 Å². The van der Waals surface area contributed by atoms with Crippen LogP contribution in [0.3, 0.4) is 0 Å². The molecule has 0 radical (unpaired) electrons. The molecule has 1 aromatic heterocycles. The standard InChI is InChI=1S/C22H25FN4O3/c1-21-9-5-11-29-19(21)22(13-28,26-20(24)27(2)3)16-12-14(7-8-17(16)30-21)15-6-4-10-25-18(15)23/h4,6-8,10,12-13,19H,5,9,11H2,1-3H3,(H2,24,26). The molecule has 2 aliphatic rings. The molecule has 0 saturated carbocycles. The number of ether oxygens (including phenoxy) is 2. The average molecular weight is 412 g/mol. The van der Waals surface area contributed by atoms with Gasteiger partial charge in [0.25, 0.3) is 0 Å². The van der Waals surface area contributed by atoms with Crippen molar-refractivity contribution < 1.29 is 18.7 Å². The van der Waals surface area contributed by atoms with Crippen LogP contribution in [0, 0.1) is 5.95 Å². The highest BCUT2D eigenvalue weighted by atomic mass is 19.1. The van der Waals surface area contributed by atoms with Crippen LogP contribution < -0.4 is 10.5 Å². The number of benzene rings is 1. The van der Waals surface area contributed by atoms with Crippen LogP contribution in [0.4, 0.5) is 4.39 Å². The Kier molecular flexibility index (Phi) is 4.97. The largest absolute Gasteiger partial charge is 0.484 e. The van der Waals surface area contributed by atoms with Gasteiger partial charge in [0.15, 0.2) is 17.8 Å². The minimum Gasteiger partial charge on any atom is -0.484 e. The zero-order valence-electron chi connectivity index (χ0n) is 17.3. The minimum atomic E-state index is -1.42. The SMILES string of the molecule is CN(C)C(N)=NC1(C=O)c2cc(-c3cccnc3F)ccc2OC2(C)CCCOC21. The van der Waals surface area contributed by atoms with Crippen LogP contribution in [0.2, 0.25) is 0 Å². The smallest absolute Gasteiger partial charge is 0.220 e. The number of rotatable bonds is 3. The number of fused-ring (bicyclic) bond motifs is 2. The first-order chi connectivity index (χ1) is 14.3. The van der Waals surface area contributed by atoms with Gasteiger partial charge >= 0.3 is 0 Å². The molecule has 1 aromatic carbocycles. The summed E-state index contributed by atoms with van der Waals surface area (Å²) in [4.78, 5) is 22.7. The molecule has 158 valence electrons. The highest BCUT2D eigenvalue weighted by Gasteiger charge is 2.59. The lowest BCUT2D eigenvalue weighted by atomic mass is 9.72. The molecule has 2 aliphatic heterocycles. The number of halogens is 1. The predicted octanol–water partition coefficient (Wildman–Crippen LogP) is 2.49. The number of hydrogen-bond acceptors (Lipinski definition) is 5. The number of guanidine groups is 1. The fourth-order valence-corrected chi connectivity index (χ4v) is 4.28. The maximum Gasteiger partial charge on any atom is 0.220 e. The Bertz CT molecular complexity index is 1010. The molecule has 3 atom stereocenters. The van der Waals surface area contributed by atoms with Gasteiger partial charge in [-0.2, -0.15) is 4.39 Å². The van der Waals surface area contributed by atoms with Crippen molar-refractivity contribution >= 4 is 12.2 Å². The van der Waals surface area contributed by atoms with Gasteiger partial charge in [0.05, 0.1) is 0 Å². The zero-order valence-corrected chi connectivity index (χ0v) is 17.3. The molecule has 4 rings (SSSR count). The molecule has 1 fully saturated rings. The van der Waals surface area contributed by atoms with E-state index in [1.807, 2.05) is 6.92 Å². The lowest BCUT2D eigenvalue weighted by Gasteiger charge is -2.51. The molecule has 0 bridgehead atoms. The third-order valence-electron chi connectivity index (χ3n) is 5.82. The van der Waals surface area contributed by atoms with Crippen molar-refractivity contribution in [3.63, 3.8) is 0 Å². The first-order valence-corrected chi connectivity index (χ1v) is 9.86. The number of aldehydes is 1. The number of carbonyl (C=O) groups is 1. The van der Waals surface area contributed by atoms with Crippen molar-refractivity contribution in [2.24, 2.45) is 10.7 Å². The summed E-state index contributed by atoms with van der Waals surface area (Å²) in [6.45, 7) is 2.41. The summed E-state index contributed by atoms with van der Waals surface area (Å²) >= 11 is 0. The van der Waals surface area contributed by atoms with Crippen LogP contribution in [0.25, 0.3) is 11.1 Å². The Morgan fingerprint density at radius 1 is 1.40 bits per heavy atom. The van der Waals surface area contributed by atoms with Crippen LogP contribution in [-0.2, 0) is 15.1 Å². The molecule has 1 saturated heterocycles. The molecule has 30 heavy (non-hydrogen) atoms. The number of nitrogens with two attached hydrogens (primary N) is 1. The van der Waals surface area contributed by atoms with Crippen LogP contribution in [-0.4, -0.2) is 54.5 Å². The van der Waals surface area contributed by atoms with E-state index in [1.54, 1.807) is 49.3 Å².